The summed E-state index contributed by atoms with van der Waals surface area (Å²) in [4.78, 5) is 17.3. The zero-order chi connectivity index (χ0) is 20.2. The maximum atomic E-state index is 13.4. The van der Waals surface area contributed by atoms with Crippen LogP contribution >= 0.6 is 0 Å². The molecule has 1 amide bonds. The third-order valence-corrected chi connectivity index (χ3v) is 6.29. The molecule has 0 N–H and O–H groups in total. The Labute approximate surface area is 173 Å². The Kier molecular flexibility index (Phi) is 6.29. The molecule has 1 saturated heterocycles. The van der Waals surface area contributed by atoms with Gasteiger partial charge in [0.2, 0.25) is 5.91 Å². The van der Waals surface area contributed by atoms with Crippen LogP contribution in [0.5, 0.6) is 0 Å². The molecule has 1 aliphatic heterocycles. The molecule has 4 rings (SSSR count). The minimum Gasteiger partial charge on any atom is -0.335 e. The largest absolute Gasteiger partial charge is 0.335 e. The monoisotopic (exact) mass is 394 g/mol. The first-order chi connectivity index (χ1) is 14.1. The highest BCUT2D eigenvalue weighted by atomic mass is 19.1. The van der Waals surface area contributed by atoms with Crippen molar-refractivity contribution in [1.29, 1.82) is 0 Å². The van der Waals surface area contributed by atoms with Crippen LogP contribution in [0.1, 0.15) is 42.4 Å². The molecule has 0 aromatic heterocycles. The lowest BCUT2D eigenvalue weighted by molar-refractivity contribution is -0.131. The standard InChI is InChI=1S/C25H31FN2O/c1-27-13-11-20(12-14-27)15-19-5-7-21(8-6-19)18-28(24-9-10-24)25(29)17-22-3-2-4-23(26)16-22/h2-8,16,20,24H,9-15,17-18H2,1H3. The minimum absolute atomic E-state index is 0.0912. The van der Waals surface area contributed by atoms with Crippen LogP contribution in [-0.4, -0.2) is 41.9 Å². The summed E-state index contributed by atoms with van der Waals surface area (Å²) in [5, 5.41) is 0. The molecule has 2 fully saturated rings. The molecule has 0 spiro atoms. The predicted octanol–water partition coefficient (Wildman–Crippen LogP) is 4.44. The van der Waals surface area contributed by atoms with Crippen molar-refractivity contribution in [3.63, 3.8) is 0 Å². The van der Waals surface area contributed by atoms with Crippen LogP contribution < -0.4 is 0 Å². The second kappa shape index (κ2) is 9.08. The van der Waals surface area contributed by atoms with Crippen molar-refractivity contribution in [2.75, 3.05) is 20.1 Å². The highest BCUT2D eigenvalue weighted by Crippen LogP contribution is 2.29. The Morgan fingerprint density at radius 1 is 1.00 bits per heavy atom. The SMILES string of the molecule is CN1CCC(Cc2ccc(CN(C(=O)Cc3cccc(F)c3)C3CC3)cc2)CC1. The van der Waals surface area contributed by atoms with Gasteiger partial charge in [-0.3, -0.25) is 4.79 Å². The van der Waals surface area contributed by atoms with Crippen molar-refractivity contribution >= 4 is 5.91 Å². The number of carbonyl (C=O) groups is 1. The Bertz CT molecular complexity index is 823. The summed E-state index contributed by atoms with van der Waals surface area (Å²) in [5.41, 5.74) is 3.32. The summed E-state index contributed by atoms with van der Waals surface area (Å²) >= 11 is 0. The average Bonchev–Trinajstić information content (AvgIpc) is 3.54. The quantitative estimate of drug-likeness (QED) is 0.693. The predicted molar refractivity (Wildman–Crippen MR) is 114 cm³/mol. The fraction of sp³-hybridized carbons (Fsp3) is 0.480. The Hall–Kier alpha value is -2.20. The molecule has 1 aliphatic carbocycles. The summed E-state index contributed by atoms with van der Waals surface area (Å²) in [6.45, 7) is 3.05. The van der Waals surface area contributed by atoms with E-state index in [1.54, 1.807) is 6.07 Å². The van der Waals surface area contributed by atoms with Gasteiger partial charge in [0.1, 0.15) is 5.82 Å². The van der Waals surface area contributed by atoms with Crippen molar-refractivity contribution in [1.82, 2.24) is 9.80 Å². The van der Waals surface area contributed by atoms with E-state index in [9.17, 15) is 9.18 Å². The Morgan fingerprint density at radius 2 is 1.69 bits per heavy atom. The van der Waals surface area contributed by atoms with E-state index in [1.807, 2.05) is 11.0 Å². The van der Waals surface area contributed by atoms with Crippen molar-refractivity contribution in [2.24, 2.45) is 5.92 Å². The average molecular weight is 395 g/mol. The van der Waals surface area contributed by atoms with Crippen LogP contribution in [0.3, 0.4) is 0 Å². The maximum Gasteiger partial charge on any atom is 0.227 e. The molecule has 29 heavy (non-hydrogen) atoms. The number of amides is 1. The van der Waals surface area contributed by atoms with Gasteiger partial charge in [-0.05, 0) is 87.0 Å². The van der Waals surface area contributed by atoms with Gasteiger partial charge in [0.25, 0.3) is 0 Å². The lowest BCUT2D eigenvalue weighted by Crippen LogP contribution is -2.33. The zero-order valence-corrected chi connectivity index (χ0v) is 17.3. The van der Waals surface area contributed by atoms with E-state index in [4.69, 9.17) is 0 Å². The molecule has 0 bridgehead atoms. The van der Waals surface area contributed by atoms with Crippen LogP contribution in [0.25, 0.3) is 0 Å². The summed E-state index contributed by atoms with van der Waals surface area (Å²) in [7, 11) is 2.20. The van der Waals surface area contributed by atoms with Gasteiger partial charge in [-0.15, -0.1) is 0 Å². The molecule has 0 unspecified atom stereocenters. The number of rotatable bonds is 7. The minimum atomic E-state index is -0.284. The van der Waals surface area contributed by atoms with E-state index in [0.29, 0.717) is 12.6 Å². The lowest BCUT2D eigenvalue weighted by atomic mass is 9.90. The summed E-state index contributed by atoms with van der Waals surface area (Å²) < 4.78 is 13.4. The highest BCUT2D eigenvalue weighted by molar-refractivity contribution is 5.79. The first kappa shape index (κ1) is 20.1. The van der Waals surface area contributed by atoms with Gasteiger partial charge in [0.05, 0.1) is 6.42 Å². The number of hydrogen-bond acceptors (Lipinski definition) is 2. The Balaban J connectivity index is 1.35. The smallest absolute Gasteiger partial charge is 0.227 e. The molecule has 0 radical (unpaired) electrons. The van der Waals surface area contributed by atoms with E-state index in [1.165, 1.54) is 49.2 Å². The molecular formula is C25H31FN2O. The van der Waals surface area contributed by atoms with Gasteiger partial charge in [0.15, 0.2) is 0 Å². The number of likely N-dealkylation sites (tertiary alicyclic amines) is 1. The molecule has 0 atom stereocenters. The molecular weight excluding hydrogens is 363 g/mol. The number of halogens is 1. The first-order valence-corrected chi connectivity index (χ1v) is 10.9. The summed E-state index contributed by atoms with van der Waals surface area (Å²) in [5.74, 6) is 0.592. The van der Waals surface area contributed by atoms with E-state index in [-0.39, 0.29) is 18.1 Å². The second-order valence-corrected chi connectivity index (χ2v) is 8.83. The van der Waals surface area contributed by atoms with Crippen LogP contribution in [0.4, 0.5) is 4.39 Å². The summed E-state index contributed by atoms with van der Waals surface area (Å²) in [6, 6.07) is 15.5. The molecule has 4 heteroatoms. The zero-order valence-electron chi connectivity index (χ0n) is 17.3. The third kappa shape index (κ3) is 5.66. The van der Waals surface area contributed by atoms with Gasteiger partial charge in [0, 0.05) is 12.6 Å². The summed E-state index contributed by atoms with van der Waals surface area (Å²) in [6.07, 6.45) is 6.12. The maximum absolute atomic E-state index is 13.4. The molecule has 2 aliphatic rings. The van der Waals surface area contributed by atoms with Gasteiger partial charge in [-0.25, -0.2) is 4.39 Å². The van der Waals surface area contributed by atoms with Crippen molar-refractivity contribution in [3.05, 3.63) is 71.0 Å². The van der Waals surface area contributed by atoms with E-state index in [2.05, 4.69) is 36.2 Å². The van der Waals surface area contributed by atoms with Crippen LogP contribution in [-0.2, 0) is 24.2 Å². The number of nitrogens with zero attached hydrogens (tertiary/aromatic N) is 2. The van der Waals surface area contributed by atoms with Gasteiger partial charge >= 0.3 is 0 Å². The molecule has 1 heterocycles. The fourth-order valence-electron chi connectivity index (χ4n) is 4.31. The van der Waals surface area contributed by atoms with E-state index >= 15 is 0 Å². The van der Waals surface area contributed by atoms with Crippen molar-refractivity contribution in [2.45, 2.75) is 51.1 Å². The molecule has 2 aromatic carbocycles. The molecule has 154 valence electrons. The van der Waals surface area contributed by atoms with Gasteiger partial charge in [-0.2, -0.15) is 0 Å². The number of benzene rings is 2. The third-order valence-electron chi connectivity index (χ3n) is 6.29. The van der Waals surface area contributed by atoms with Crippen LogP contribution in [0.15, 0.2) is 48.5 Å². The van der Waals surface area contributed by atoms with Crippen molar-refractivity contribution < 1.29 is 9.18 Å². The van der Waals surface area contributed by atoms with E-state index < -0.39 is 0 Å². The molecule has 2 aromatic rings. The van der Waals surface area contributed by atoms with Crippen LogP contribution in [0.2, 0.25) is 0 Å². The fourth-order valence-corrected chi connectivity index (χ4v) is 4.31. The van der Waals surface area contributed by atoms with Crippen LogP contribution in [0, 0.1) is 11.7 Å². The molecule has 3 nitrogen and oxygen atoms in total. The number of piperidine rings is 1. The normalized spacial score (nSPS) is 18.0. The lowest BCUT2D eigenvalue weighted by Gasteiger charge is -2.29. The van der Waals surface area contributed by atoms with Crippen molar-refractivity contribution in [3.8, 4) is 0 Å². The van der Waals surface area contributed by atoms with Gasteiger partial charge in [-0.1, -0.05) is 36.4 Å². The first-order valence-electron chi connectivity index (χ1n) is 10.9. The van der Waals surface area contributed by atoms with E-state index in [0.717, 1.165) is 30.7 Å². The Morgan fingerprint density at radius 3 is 2.34 bits per heavy atom. The highest BCUT2D eigenvalue weighted by Gasteiger charge is 2.32. The number of hydrogen-bond donors (Lipinski definition) is 0. The van der Waals surface area contributed by atoms with Gasteiger partial charge < -0.3 is 9.80 Å². The number of carbonyl (C=O) groups excluding carboxylic acids is 1. The second-order valence-electron chi connectivity index (χ2n) is 8.83. The molecule has 1 saturated carbocycles. The topological polar surface area (TPSA) is 23.6 Å².